The number of carbonyl (C=O) groups is 2. The standard InChI is InChI=1S/C22H14N4O6/c27-19-12-16(22(28)24(19)13-6-2-1-3-7-13)21-20-15(17-8-4-5-9-23(17)21)10-14(25(29)30)11-18(20)26(31)32/h1-11,16H,12H2. The van der Waals surface area contributed by atoms with Gasteiger partial charge in [-0.15, -0.1) is 0 Å². The van der Waals surface area contributed by atoms with E-state index >= 15 is 0 Å². The van der Waals surface area contributed by atoms with Gasteiger partial charge in [-0.3, -0.25) is 29.8 Å². The van der Waals surface area contributed by atoms with Crippen molar-refractivity contribution in [2.24, 2.45) is 0 Å². The van der Waals surface area contributed by atoms with E-state index in [1.165, 1.54) is 6.07 Å². The van der Waals surface area contributed by atoms with Crippen LogP contribution in [0.1, 0.15) is 18.0 Å². The summed E-state index contributed by atoms with van der Waals surface area (Å²) >= 11 is 0. The molecule has 5 rings (SSSR count). The molecule has 1 saturated heterocycles. The summed E-state index contributed by atoms with van der Waals surface area (Å²) < 4.78 is 1.60. The van der Waals surface area contributed by atoms with E-state index in [-0.39, 0.29) is 22.9 Å². The number of aromatic nitrogens is 1. The van der Waals surface area contributed by atoms with Crippen molar-refractivity contribution in [3.05, 3.63) is 92.8 Å². The summed E-state index contributed by atoms with van der Waals surface area (Å²) in [6.45, 7) is 0. The molecule has 2 amide bonds. The van der Waals surface area contributed by atoms with Crippen LogP contribution in [0.5, 0.6) is 0 Å². The third kappa shape index (κ3) is 2.73. The highest BCUT2D eigenvalue weighted by Crippen LogP contribution is 2.43. The molecule has 158 valence electrons. The van der Waals surface area contributed by atoms with Gasteiger partial charge in [0, 0.05) is 24.1 Å². The molecular weight excluding hydrogens is 416 g/mol. The predicted octanol–water partition coefficient (Wildman–Crippen LogP) is 3.96. The van der Waals surface area contributed by atoms with Crippen molar-refractivity contribution in [1.29, 1.82) is 0 Å². The lowest BCUT2D eigenvalue weighted by molar-refractivity contribution is -0.393. The van der Waals surface area contributed by atoms with Crippen LogP contribution < -0.4 is 4.90 Å². The SMILES string of the molecule is O=C1CC(c2c3c([N+](=O)[O-])cc([N+](=O)[O-])cc3c3ccccn23)C(=O)N1c1ccccc1. The maximum absolute atomic E-state index is 13.4. The Morgan fingerprint density at radius 3 is 2.31 bits per heavy atom. The number of hydrogen-bond donors (Lipinski definition) is 0. The van der Waals surface area contributed by atoms with Crippen LogP contribution in [0.25, 0.3) is 16.3 Å². The minimum Gasteiger partial charge on any atom is -0.319 e. The third-order valence-corrected chi connectivity index (χ3v) is 5.65. The molecule has 0 radical (unpaired) electrons. The van der Waals surface area contributed by atoms with Gasteiger partial charge in [0.2, 0.25) is 11.8 Å². The van der Waals surface area contributed by atoms with Gasteiger partial charge in [-0.1, -0.05) is 24.3 Å². The number of nitro groups is 2. The van der Waals surface area contributed by atoms with Crippen molar-refractivity contribution < 1.29 is 19.4 Å². The number of carbonyl (C=O) groups excluding carboxylic acids is 2. The average Bonchev–Trinajstić information content (AvgIpc) is 3.26. The van der Waals surface area contributed by atoms with Crippen molar-refractivity contribution in [2.45, 2.75) is 12.3 Å². The minimum atomic E-state index is -0.977. The molecule has 10 nitrogen and oxygen atoms in total. The van der Waals surface area contributed by atoms with Crippen LogP contribution in [0.4, 0.5) is 17.1 Å². The van der Waals surface area contributed by atoms with E-state index in [4.69, 9.17) is 0 Å². The van der Waals surface area contributed by atoms with Crippen LogP contribution in [0.15, 0.2) is 66.9 Å². The quantitative estimate of drug-likeness (QED) is 0.274. The number of rotatable bonds is 4. The minimum absolute atomic E-state index is 0.118. The highest BCUT2D eigenvalue weighted by atomic mass is 16.6. The van der Waals surface area contributed by atoms with Crippen molar-refractivity contribution in [3.63, 3.8) is 0 Å². The molecule has 4 aromatic rings. The number of imide groups is 1. The van der Waals surface area contributed by atoms with Crippen LogP contribution in [-0.4, -0.2) is 26.1 Å². The first kappa shape index (κ1) is 19.4. The lowest BCUT2D eigenvalue weighted by atomic mass is 9.98. The number of nitro benzene ring substituents is 2. The molecule has 0 spiro atoms. The van der Waals surface area contributed by atoms with Crippen molar-refractivity contribution in [1.82, 2.24) is 4.40 Å². The van der Waals surface area contributed by atoms with Crippen LogP contribution in [0, 0.1) is 20.2 Å². The Hall–Kier alpha value is -4.60. The molecule has 1 aliphatic rings. The lowest BCUT2D eigenvalue weighted by Gasteiger charge is -2.15. The summed E-state index contributed by atoms with van der Waals surface area (Å²) in [6.07, 6.45) is 1.46. The Morgan fingerprint density at radius 1 is 0.906 bits per heavy atom. The fraction of sp³-hybridized carbons (Fsp3) is 0.0909. The maximum atomic E-state index is 13.4. The van der Waals surface area contributed by atoms with E-state index in [0.717, 1.165) is 11.0 Å². The molecular formula is C22H14N4O6. The van der Waals surface area contributed by atoms with Gasteiger partial charge in [0.1, 0.15) is 0 Å². The fourth-order valence-corrected chi connectivity index (χ4v) is 4.36. The Balaban J connectivity index is 1.81. The van der Waals surface area contributed by atoms with Crippen molar-refractivity contribution in [3.8, 4) is 0 Å². The molecule has 1 fully saturated rings. The Bertz CT molecular complexity index is 1460. The summed E-state index contributed by atoms with van der Waals surface area (Å²) in [5.41, 5.74) is 0.259. The second kappa shape index (κ2) is 6.98. The molecule has 1 aliphatic heterocycles. The number of para-hydroxylation sites is 1. The van der Waals surface area contributed by atoms with Gasteiger partial charge in [-0.2, -0.15) is 0 Å². The van der Waals surface area contributed by atoms with Gasteiger partial charge in [0.25, 0.3) is 11.4 Å². The molecule has 0 aliphatic carbocycles. The molecule has 1 atom stereocenters. The van der Waals surface area contributed by atoms with Gasteiger partial charge in [0.05, 0.1) is 44.1 Å². The molecule has 0 N–H and O–H groups in total. The molecule has 2 aromatic carbocycles. The number of anilines is 1. The Kier molecular flexibility index (Phi) is 4.22. The third-order valence-electron chi connectivity index (χ3n) is 5.65. The lowest BCUT2D eigenvalue weighted by Crippen LogP contribution is -2.30. The zero-order chi connectivity index (χ0) is 22.6. The van der Waals surface area contributed by atoms with E-state index in [1.54, 1.807) is 59.1 Å². The van der Waals surface area contributed by atoms with E-state index in [9.17, 15) is 29.8 Å². The molecule has 3 heterocycles. The number of benzene rings is 2. The maximum Gasteiger partial charge on any atom is 0.285 e. The molecule has 1 unspecified atom stereocenters. The number of nitrogens with zero attached hydrogens (tertiary/aromatic N) is 4. The summed E-state index contributed by atoms with van der Waals surface area (Å²) in [4.78, 5) is 49.1. The molecule has 32 heavy (non-hydrogen) atoms. The van der Waals surface area contributed by atoms with Crippen LogP contribution in [0.2, 0.25) is 0 Å². The van der Waals surface area contributed by atoms with Crippen molar-refractivity contribution >= 4 is 45.2 Å². The first-order chi connectivity index (χ1) is 15.4. The second-order valence-corrected chi connectivity index (χ2v) is 7.40. The van der Waals surface area contributed by atoms with Gasteiger partial charge in [-0.05, 0) is 24.3 Å². The average molecular weight is 430 g/mol. The van der Waals surface area contributed by atoms with E-state index in [1.807, 2.05) is 0 Å². The Labute approximate surface area is 179 Å². The molecule has 0 saturated carbocycles. The molecule has 0 bridgehead atoms. The van der Waals surface area contributed by atoms with Crippen molar-refractivity contribution in [2.75, 3.05) is 4.90 Å². The zero-order valence-electron chi connectivity index (χ0n) is 16.4. The van der Waals surface area contributed by atoms with Gasteiger partial charge >= 0.3 is 0 Å². The monoisotopic (exact) mass is 430 g/mol. The summed E-state index contributed by atoms with van der Waals surface area (Å²) in [5, 5.41) is 23.7. The first-order valence-electron chi connectivity index (χ1n) is 9.66. The highest BCUT2D eigenvalue weighted by molar-refractivity contribution is 6.24. The first-order valence-corrected chi connectivity index (χ1v) is 9.66. The van der Waals surface area contributed by atoms with Crippen LogP contribution in [-0.2, 0) is 9.59 Å². The summed E-state index contributed by atoms with van der Waals surface area (Å²) in [7, 11) is 0. The summed E-state index contributed by atoms with van der Waals surface area (Å²) in [5.74, 6) is -1.90. The smallest absolute Gasteiger partial charge is 0.285 e. The highest BCUT2D eigenvalue weighted by Gasteiger charge is 2.44. The number of non-ortho nitro benzene ring substituents is 2. The normalized spacial score (nSPS) is 16.2. The van der Waals surface area contributed by atoms with E-state index in [0.29, 0.717) is 11.2 Å². The largest absolute Gasteiger partial charge is 0.319 e. The number of fused-ring (bicyclic) bond motifs is 3. The Morgan fingerprint density at radius 2 is 1.62 bits per heavy atom. The topological polar surface area (TPSA) is 128 Å². The predicted molar refractivity (Wildman–Crippen MR) is 115 cm³/mol. The number of pyridine rings is 1. The van der Waals surface area contributed by atoms with Crippen LogP contribution >= 0.6 is 0 Å². The zero-order valence-corrected chi connectivity index (χ0v) is 16.4. The second-order valence-electron chi connectivity index (χ2n) is 7.40. The van der Waals surface area contributed by atoms with Gasteiger partial charge < -0.3 is 4.40 Å². The van der Waals surface area contributed by atoms with Gasteiger partial charge in [-0.25, -0.2) is 4.90 Å². The number of amides is 2. The number of hydrogen-bond acceptors (Lipinski definition) is 6. The fourth-order valence-electron chi connectivity index (χ4n) is 4.36. The van der Waals surface area contributed by atoms with E-state index in [2.05, 4.69) is 0 Å². The molecule has 10 heteroatoms. The van der Waals surface area contributed by atoms with E-state index < -0.39 is 39.0 Å². The van der Waals surface area contributed by atoms with Crippen LogP contribution in [0.3, 0.4) is 0 Å². The summed E-state index contributed by atoms with van der Waals surface area (Å²) in [6, 6.07) is 15.6. The van der Waals surface area contributed by atoms with Gasteiger partial charge in [0.15, 0.2) is 0 Å². The molecule has 2 aromatic heterocycles.